The second-order valence-electron chi connectivity index (χ2n) is 4.99. The SMILES string of the molecule is CCCC(N)C(=O)N(CCC(F)(F)F)CC1CC1. The van der Waals surface area contributed by atoms with Crippen LogP contribution in [-0.4, -0.2) is 36.1 Å². The molecule has 0 saturated heterocycles. The van der Waals surface area contributed by atoms with Crippen LogP contribution in [0.1, 0.15) is 39.0 Å². The summed E-state index contributed by atoms with van der Waals surface area (Å²) < 4.78 is 36.6. The van der Waals surface area contributed by atoms with Gasteiger partial charge in [-0.25, -0.2) is 0 Å². The fraction of sp³-hybridized carbons (Fsp3) is 0.917. The van der Waals surface area contributed by atoms with Crippen LogP contribution in [0.15, 0.2) is 0 Å². The Bertz CT molecular complexity index is 277. The normalized spacial score (nSPS) is 17.6. The summed E-state index contributed by atoms with van der Waals surface area (Å²) in [5.41, 5.74) is 5.69. The highest BCUT2D eigenvalue weighted by atomic mass is 19.4. The number of hydrogen-bond acceptors (Lipinski definition) is 2. The largest absolute Gasteiger partial charge is 0.390 e. The molecule has 6 heteroatoms. The van der Waals surface area contributed by atoms with Crippen LogP contribution in [0, 0.1) is 5.92 Å². The second-order valence-corrected chi connectivity index (χ2v) is 4.99. The molecule has 1 fully saturated rings. The van der Waals surface area contributed by atoms with Gasteiger partial charge >= 0.3 is 6.18 Å². The molecule has 1 aliphatic rings. The van der Waals surface area contributed by atoms with Crippen molar-refractivity contribution in [3.05, 3.63) is 0 Å². The molecule has 0 aromatic carbocycles. The standard InChI is InChI=1S/C12H21F3N2O/c1-2-3-10(16)11(18)17(8-9-4-5-9)7-6-12(13,14)15/h9-10H,2-8,16H2,1H3. The molecule has 0 radical (unpaired) electrons. The van der Waals surface area contributed by atoms with Crippen molar-refractivity contribution in [2.45, 2.75) is 51.2 Å². The maximum Gasteiger partial charge on any atom is 0.390 e. The third-order valence-corrected chi connectivity index (χ3v) is 3.07. The number of halogens is 3. The molecule has 0 aromatic heterocycles. The maximum atomic E-state index is 12.2. The van der Waals surface area contributed by atoms with E-state index in [2.05, 4.69) is 0 Å². The summed E-state index contributed by atoms with van der Waals surface area (Å²) in [4.78, 5) is 13.2. The average Bonchev–Trinajstić information content (AvgIpc) is 3.06. The monoisotopic (exact) mass is 266 g/mol. The molecule has 1 rings (SSSR count). The lowest BCUT2D eigenvalue weighted by molar-refractivity contribution is -0.146. The van der Waals surface area contributed by atoms with Crippen LogP contribution < -0.4 is 5.73 Å². The molecule has 0 aromatic rings. The van der Waals surface area contributed by atoms with Gasteiger partial charge in [-0.05, 0) is 25.2 Å². The maximum absolute atomic E-state index is 12.2. The molecular weight excluding hydrogens is 245 g/mol. The summed E-state index contributed by atoms with van der Waals surface area (Å²) in [6.07, 6.45) is -1.91. The Morgan fingerprint density at radius 2 is 2.06 bits per heavy atom. The van der Waals surface area contributed by atoms with Crippen molar-refractivity contribution in [1.29, 1.82) is 0 Å². The van der Waals surface area contributed by atoms with E-state index in [1.54, 1.807) is 0 Å². The van der Waals surface area contributed by atoms with Crippen molar-refractivity contribution in [3.63, 3.8) is 0 Å². The van der Waals surface area contributed by atoms with Crippen LogP contribution in [0.25, 0.3) is 0 Å². The highest BCUT2D eigenvalue weighted by molar-refractivity contribution is 5.81. The molecule has 2 N–H and O–H groups in total. The number of hydrogen-bond donors (Lipinski definition) is 1. The van der Waals surface area contributed by atoms with Crippen molar-refractivity contribution in [3.8, 4) is 0 Å². The molecule has 1 saturated carbocycles. The Kier molecular flexibility index (Phi) is 5.44. The summed E-state index contributed by atoms with van der Waals surface area (Å²) in [6.45, 7) is 2.05. The van der Waals surface area contributed by atoms with Crippen molar-refractivity contribution in [1.82, 2.24) is 4.90 Å². The van der Waals surface area contributed by atoms with Gasteiger partial charge in [-0.2, -0.15) is 13.2 Å². The van der Waals surface area contributed by atoms with Gasteiger partial charge in [-0.3, -0.25) is 4.79 Å². The number of rotatable bonds is 7. The number of carbonyl (C=O) groups excluding carboxylic acids is 1. The highest BCUT2D eigenvalue weighted by Gasteiger charge is 2.33. The van der Waals surface area contributed by atoms with Crippen molar-refractivity contribution >= 4 is 5.91 Å². The second kappa shape index (κ2) is 6.41. The average molecular weight is 266 g/mol. The van der Waals surface area contributed by atoms with E-state index >= 15 is 0 Å². The number of nitrogens with two attached hydrogens (primary N) is 1. The molecule has 0 heterocycles. The zero-order valence-corrected chi connectivity index (χ0v) is 10.7. The van der Waals surface area contributed by atoms with Crippen LogP contribution in [0.2, 0.25) is 0 Å². The molecule has 1 aliphatic carbocycles. The van der Waals surface area contributed by atoms with Crippen LogP contribution in [0.4, 0.5) is 13.2 Å². The molecule has 0 spiro atoms. The summed E-state index contributed by atoms with van der Waals surface area (Å²) >= 11 is 0. The van der Waals surface area contributed by atoms with Gasteiger partial charge in [-0.15, -0.1) is 0 Å². The predicted octanol–water partition coefficient (Wildman–Crippen LogP) is 2.30. The van der Waals surface area contributed by atoms with E-state index < -0.39 is 18.6 Å². The summed E-state index contributed by atoms with van der Waals surface area (Å²) in [5.74, 6) is 0.0315. The molecular formula is C12H21F3N2O. The van der Waals surface area contributed by atoms with Gasteiger partial charge in [-0.1, -0.05) is 13.3 Å². The Balaban J connectivity index is 2.50. The number of nitrogens with zero attached hydrogens (tertiary/aromatic N) is 1. The Hall–Kier alpha value is -0.780. The lowest BCUT2D eigenvalue weighted by atomic mass is 10.1. The summed E-state index contributed by atoms with van der Waals surface area (Å²) in [6, 6.07) is -0.665. The first-order valence-corrected chi connectivity index (χ1v) is 6.44. The van der Waals surface area contributed by atoms with Gasteiger partial charge in [0.25, 0.3) is 0 Å². The molecule has 1 atom stereocenters. The topological polar surface area (TPSA) is 46.3 Å². The molecule has 106 valence electrons. The first-order chi connectivity index (χ1) is 8.33. The van der Waals surface area contributed by atoms with E-state index in [-0.39, 0.29) is 12.5 Å². The fourth-order valence-corrected chi connectivity index (χ4v) is 1.83. The van der Waals surface area contributed by atoms with E-state index in [9.17, 15) is 18.0 Å². The van der Waals surface area contributed by atoms with Crippen LogP contribution in [0.5, 0.6) is 0 Å². The van der Waals surface area contributed by atoms with E-state index in [1.807, 2.05) is 6.92 Å². The van der Waals surface area contributed by atoms with E-state index in [4.69, 9.17) is 5.73 Å². The third kappa shape index (κ3) is 5.71. The smallest absolute Gasteiger partial charge is 0.341 e. The molecule has 1 unspecified atom stereocenters. The van der Waals surface area contributed by atoms with Crippen molar-refractivity contribution < 1.29 is 18.0 Å². The minimum atomic E-state index is -4.23. The number of carbonyl (C=O) groups is 1. The van der Waals surface area contributed by atoms with E-state index in [1.165, 1.54) is 4.90 Å². The molecule has 0 bridgehead atoms. The lowest BCUT2D eigenvalue weighted by Gasteiger charge is -2.26. The predicted molar refractivity (Wildman–Crippen MR) is 62.9 cm³/mol. The van der Waals surface area contributed by atoms with Gasteiger partial charge in [0.2, 0.25) is 5.91 Å². The molecule has 18 heavy (non-hydrogen) atoms. The summed E-state index contributed by atoms with van der Waals surface area (Å²) in [5, 5.41) is 0. The molecule has 0 aliphatic heterocycles. The van der Waals surface area contributed by atoms with Crippen LogP contribution in [-0.2, 0) is 4.79 Å². The number of amides is 1. The van der Waals surface area contributed by atoms with Gasteiger partial charge in [0.05, 0.1) is 12.5 Å². The molecule has 3 nitrogen and oxygen atoms in total. The van der Waals surface area contributed by atoms with Gasteiger partial charge in [0.1, 0.15) is 0 Å². The van der Waals surface area contributed by atoms with Gasteiger partial charge in [0.15, 0.2) is 0 Å². The van der Waals surface area contributed by atoms with Crippen molar-refractivity contribution in [2.75, 3.05) is 13.1 Å². The minimum absolute atomic E-state index is 0.268. The first-order valence-electron chi connectivity index (χ1n) is 6.44. The minimum Gasteiger partial charge on any atom is -0.341 e. The fourth-order valence-electron chi connectivity index (χ4n) is 1.83. The van der Waals surface area contributed by atoms with Crippen molar-refractivity contribution in [2.24, 2.45) is 11.7 Å². The van der Waals surface area contributed by atoms with Crippen LogP contribution in [0.3, 0.4) is 0 Å². The van der Waals surface area contributed by atoms with Gasteiger partial charge < -0.3 is 10.6 Å². The Morgan fingerprint density at radius 1 is 1.44 bits per heavy atom. The lowest BCUT2D eigenvalue weighted by Crippen LogP contribution is -2.45. The van der Waals surface area contributed by atoms with Crippen LogP contribution >= 0.6 is 0 Å². The zero-order chi connectivity index (χ0) is 13.8. The third-order valence-electron chi connectivity index (χ3n) is 3.07. The summed E-state index contributed by atoms with van der Waals surface area (Å²) in [7, 11) is 0. The number of alkyl halides is 3. The Morgan fingerprint density at radius 3 is 2.50 bits per heavy atom. The van der Waals surface area contributed by atoms with Gasteiger partial charge in [0, 0.05) is 13.1 Å². The first kappa shape index (κ1) is 15.3. The quantitative estimate of drug-likeness (QED) is 0.768. The Labute approximate surface area is 106 Å². The zero-order valence-electron chi connectivity index (χ0n) is 10.7. The molecule has 1 amide bonds. The highest BCUT2D eigenvalue weighted by Crippen LogP contribution is 2.30. The van der Waals surface area contributed by atoms with E-state index in [0.717, 1.165) is 19.3 Å². The van der Waals surface area contributed by atoms with E-state index in [0.29, 0.717) is 18.9 Å².